The third-order valence-corrected chi connectivity index (χ3v) is 3.25. The van der Waals surface area contributed by atoms with Gasteiger partial charge in [-0.3, -0.25) is 5.10 Å². The van der Waals surface area contributed by atoms with Crippen molar-refractivity contribution in [1.29, 1.82) is 0 Å². The van der Waals surface area contributed by atoms with Gasteiger partial charge >= 0.3 is 0 Å². The summed E-state index contributed by atoms with van der Waals surface area (Å²) in [6.07, 6.45) is 6.40. The van der Waals surface area contributed by atoms with Crippen LogP contribution in [0.4, 0.5) is 0 Å². The third kappa shape index (κ3) is 3.36. The van der Waals surface area contributed by atoms with Crippen molar-refractivity contribution in [2.75, 3.05) is 7.11 Å². The molecular formula is C15H20N2O. The van der Waals surface area contributed by atoms with Crippen molar-refractivity contribution in [3.63, 3.8) is 0 Å². The van der Waals surface area contributed by atoms with Gasteiger partial charge in [0.1, 0.15) is 5.75 Å². The largest absolute Gasteiger partial charge is 0.497 e. The molecule has 0 unspecified atom stereocenters. The quantitative estimate of drug-likeness (QED) is 0.792. The lowest BCUT2D eigenvalue weighted by Crippen LogP contribution is -1.93. The van der Waals surface area contributed by atoms with Crippen LogP contribution in [-0.2, 0) is 12.8 Å². The number of aromatic nitrogens is 2. The van der Waals surface area contributed by atoms with Crippen LogP contribution in [0.25, 0.3) is 0 Å². The predicted molar refractivity (Wildman–Crippen MR) is 73.0 cm³/mol. The molecule has 0 bridgehead atoms. The van der Waals surface area contributed by atoms with Gasteiger partial charge in [0, 0.05) is 11.9 Å². The number of H-pyrrole nitrogens is 1. The van der Waals surface area contributed by atoms with Crippen LogP contribution in [0, 0.1) is 6.92 Å². The fourth-order valence-corrected chi connectivity index (χ4v) is 2.13. The van der Waals surface area contributed by atoms with Gasteiger partial charge in [0.05, 0.1) is 7.11 Å². The molecular weight excluding hydrogens is 224 g/mol. The van der Waals surface area contributed by atoms with Gasteiger partial charge in [0.15, 0.2) is 0 Å². The maximum atomic E-state index is 5.21. The number of hydrogen-bond donors (Lipinski definition) is 1. The minimum absolute atomic E-state index is 0.939. The van der Waals surface area contributed by atoms with Gasteiger partial charge in [0.2, 0.25) is 0 Å². The van der Waals surface area contributed by atoms with Gasteiger partial charge in [-0.05, 0) is 61.9 Å². The van der Waals surface area contributed by atoms with Crippen LogP contribution in [0.15, 0.2) is 30.5 Å². The molecule has 3 heteroatoms. The Morgan fingerprint density at radius 2 is 2.00 bits per heavy atom. The summed E-state index contributed by atoms with van der Waals surface area (Å²) in [5.74, 6) is 0.939. The van der Waals surface area contributed by atoms with Gasteiger partial charge in [-0.2, -0.15) is 5.10 Å². The Morgan fingerprint density at radius 1 is 1.17 bits per heavy atom. The predicted octanol–water partition coefficient (Wildman–Crippen LogP) is 3.29. The van der Waals surface area contributed by atoms with Gasteiger partial charge in [-0.15, -0.1) is 0 Å². The lowest BCUT2D eigenvalue weighted by atomic mass is 10.0. The summed E-state index contributed by atoms with van der Waals surface area (Å²) in [7, 11) is 1.71. The van der Waals surface area contributed by atoms with E-state index in [4.69, 9.17) is 4.74 Å². The summed E-state index contributed by atoms with van der Waals surface area (Å²) in [5.41, 5.74) is 3.96. The number of rotatable bonds is 6. The average Bonchev–Trinajstić information content (AvgIpc) is 2.89. The fourth-order valence-electron chi connectivity index (χ4n) is 2.13. The van der Waals surface area contributed by atoms with Crippen molar-refractivity contribution in [1.82, 2.24) is 10.2 Å². The second kappa shape index (κ2) is 6.24. The summed E-state index contributed by atoms with van der Waals surface area (Å²) in [5, 5.41) is 6.95. The molecule has 3 nitrogen and oxygen atoms in total. The van der Waals surface area contributed by atoms with E-state index in [9.17, 15) is 0 Å². The van der Waals surface area contributed by atoms with E-state index < -0.39 is 0 Å². The summed E-state index contributed by atoms with van der Waals surface area (Å²) >= 11 is 0. The monoisotopic (exact) mass is 244 g/mol. The highest BCUT2D eigenvalue weighted by molar-refractivity contribution is 5.34. The van der Waals surface area contributed by atoms with E-state index in [0.29, 0.717) is 0 Å². The molecule has 0 saturated heterocycles. The molecule has 1 heterocycles. The molecule has 2 rings (SSSR count). The van der Waals surface area contributed by atoms with E-state index in [1.807, 2.05) is 18.3 Å². The molecule has 0 aliphatic heterocycles. The molecule has 1 aromatic carbocycles. The number of hydrogen-bond acceptors (Lipinski definition) is 2. The normalized spacial score (nSPS) is 10.6. The fraction of sp³-hybridized carbons (Fsp3) is 0.400. The number of aromatic amines is 1. The van der Waals surface area contributed by atoms with E-state index in [-0.39, 0.29) is 0 Å². The van der Waals surface area contributed by atoms with Gasteiger partial charge in [0.25, 0.3) is 0 Å². The summed E-state index contributed by atoms with van der Waals surface area (Å²) in [4.78, 5) is 0. The van der Waals surface area contributed by atoms with Gasteiger partial charge in [-0.1, -0.05) is 6.07 Å². The molecule has 0 atom stereocenters. The van der Waals surface area contributed by atoms with E-state index in [0.717, 1.165) is 18.6 Å². The molecule has 0 fully saturated rings. The Hall–Kier alpha value is -1.77. The molecule has 0 aliphatic rings. The molecule has 0 amide bonds. The van der Waals surface area contributed by atoms with E-state index in [1.165, 1.54) is 29.7 Å². The summed E-state index contributed by atoms with van der Waals surface area (Å²) in [6.45, 7) is 2.15. The van der Waals surface area contributed by atoms with Crippen molar-refractivity contribution < 1.29 is 4.74 Å². The smallest absolute Gasteiger partial charge is 0.119 e. The second-order valence-electron chi connectivity index (χ2n) is 4.58. The SMILES string of the molecule is COc1ccc(CCCCc2ccn[nH]2)c(C)c1. The number of benzene rings is 1. The molecule has 0 radical (unpaired) electrons. The van der Waals surface area contributed by atoms with Crippen LogP contribution in [0.2, 0.25) is 0 Å². The summed E-state index contributed by atoms with van der Waals surface area (Å²) < 4.78 is 5.21. The number of nitrogens with zero attached hydrogens (tertiary/aromatic N) is 1. The first kappa shape index (κ1) is 12.7. The van der Waals surface area contributed by atoms with Crippen LogP contribution in [-0.4, -0.2) is 17.3 Å². The lowest BCUT2D eigenvalue weighted by Gasteiger charge is -2.07. The van der Waals surface area contributed by atoms with Crippen molar-refractivity contribution in [3.8, 4) is 5.75 Å². The van der Waals surface area contributed by atoms with Crippen LogP contribution in [0.3, 0.4) is 0 Å². The van der Waals surface area contributed by atoms with Crippen molar-refractivity contribution in [2.45, 2.75) is 32.6 Å². The Kier molecular flexibility index (Phi) is 4.40. The molecule has 96 valence electrons. The molecule has 2 aromatic rings. The molecule has 0 spiro atoms. The van der Waals surface area contributed by atoms with Crippen molar-refractivity contribution in [3.05, 3.63) is 47.3 Å². The Balaban J connectivity index is 1.79. The molecule has 0 saturated carbocycles. The summed E-state index contributed by atoms with van der Waals surface area (Å²) in [6, 6.07) is 8.35. The number of aryl methyl sites for hydroxylation is 3. The van der Waals surface area contributed by atoms with E-state index in [2.05, 4.69) is 29.3 Å². The standard InChI is InChI=1S/C15H20N2O/c1-12-11-15(18-2)8-7-13(12)5-3-4-6-14-9-10-16-17-14/h7-11H,3-6H2,1-2H3,(H,16,17). The average molecular weight is 244 g/mol. The first-order valence-electron chi connectivity index (χ1n) is 6.41. The second-order valence-corrected chi connectivity index (χ2v) is 4.58. The first-order chi connectivity index (χ1) is 8.79. The number of unbranched alkanes of at least 4 members (excludes halogenated alkanes) is 1. The highest BCUT2D eigenvalue weighted by Crippen LogP contribution is 2.18. The zero-order chi connectivity index (χ0) is 12.8. The highest BCUT2D eigenvalue weighted by Gasteiger charge is 2.01. The van der Waals surface area contributed by atoms with Crippen molar-refractivity contribution >= 4 is 0 Å². The maximum absolute atomic E-state index is 5.21. The Bertz CT molecular complexity index is 477. The van der Waals surface area contributed by atoms with Crippen LogP contribution < -0.4 is 4.74 Å². The van der Waals surface area contributed by atoms with Crippen LogP contribution in [0.1, 0.15) is 29.7 Å². The number of nitrogens with one attached hydrogen (secondary N) is 1. The van der Waals surface area contributed by atoms with Crippen molar-refractivity contribution in [2.24, 2.45) is 0 Å². The van der Waals surface area contributed by atoms with Crippen LogP contribution >= 0.6 is 0 Å². The lowest BCUT2D eigenvalue weighted by molar-refractivity contribution is 0.414. The van der Waals surface area contributed by atoms with Crippen LogP contribution in [0.5, 0.6) is 5.75 Å². The Labute approximate surface area is 108 Å². The first-order valence-corrected chi connectivity index (χ1v) is 6.41. The third-order valence-electron chi connectivity index (χ3n) is 3.25. The number of methoxy groups -OCH3 is 1. The number of ether oxygens (including phenoxy) is 1. The Morgan fingerprint density at radius 3 is 2.67 bits per heavy atom. The highest BCUT2D eigenvalue weighted by atomic mass is 16.5. The van der Waals surface area contributed by atoms with Gasteiger partial charge < -0.3 is 4.74 Å². The minimum atomic E-state index is 0.939. The zero-order valence-electron chi connectivity index (χ0n) is 11.1. The molecule has 1 N–H and O–H groups in total. The van der Waals surface area contributed by atoms with E-state index in [1.54, 1.807) is 7.11 Å². The topological polar surface area (TPSA) is 37.9 Å². The molecule has 1 aromatic heterocycles. The minimum Gasteiger partial charge on any atom is -0.497 e. The molecule has 0 aliphatic carbocycles. The molecule has 18 heavy (non-hydrogen) atoms. The van der Waals surface area contributed by atoms with E-state index >= 15 is 0 Å². The zero-order valence-corrected chi connectivity index (χ0v) is 11.1. The maximum Gasteiger partial charge on any atom is 0.119 e. The van der Waals surface area contributed by atoms with Gasteiger partial charge in [-0.25, -0.2) is 0 Å².